The minimum Gasteiger partial charge on any atom is -0.495 e. The van der Waals surface area contributed by atoms with Crippen molar-refractivity contribution in [2.45, 2.75) is 18.2 Å². The van der Waals surface area contributed by atoms with E-state index in [0.717, 1.165) is 11.3 Å². The van der Waals surface area contributed by atoms with Crippen LogP contribution in [0.2, 0.25) is 0 Å². The molecule has 74 valence electrons. The van der Waals surface area contributed by atoms with Gasteiger partial charge in [-0.15, -0.1) is 11.8 Å². The van der Waals surface area contributed by atoms with Gasteiger partial charge in [-0.25, -0.2) is 0 Å². The zero-order valence-corrected chi connectivity index (χ0v) is 9.44. The van der Waals surface area contributed by atoms with Gasteiger partial charge < -0.3 is 4.74 Å². The van der Waals surface area contributed by atoms with Crippen molar-refractivity contribution in [3.05, 3.63) is 23.3 Å². The van der Waals surface area contributed by atoms with Gasteiger partial charge in [-0.3, -0.25) is 0 Å². The van der Waals surface area contributed by atoms with Gasteiger partial charge in [-0.1, -0.05) is 6.92 Å². The van der Waals surface area contributed by atoms with Crippen LogP contribution in [0.1, 0.15) is 18.1 Å². The molecule has 0 N–H and O–H groups in total. The standard InChI is InChI=1S/C11H13NOS/c1-4-8-5-10(13-2)9(7-12)6-11(8)14-3/h5-6H,4H2,1-3H3. The van der Waals surface area contributed by atoms with Crippen LogP contribution < -0.4 is 4.74 Å². The topological polar surface area (TPSA) is 33.0 Å². The van der Waals surface area contributed by atoms with Crippen LogP contribution in [0.25, 0.3) is 0 Å². The molecule has 0 aromatic heterocycles. The Hall–Kier alpha value is -1.14. The molecule has 0 radical (unpaired) electrons. The number of nitriles is 1. The molecule has 0 saturated carbocycles. The summed E-state index contributed by atoms with van der Waals surface area (Å²) < 4.78 is 5.15. The van der Waals surface area contributed by atoms with E-state index in [2.05, 4.69) is 13.0 Å². The van der Waals surface area contributed by atoms with Crippen LogP contribution >= 0.6 is 11.8 Å². The largest absolute Gasteiger partial charge is 0.495 e. The van der Waals surface area contributed by atoms with Gasteiger partial charge in [0.1, 0.15) is 11.8 Å². The van der Waals surface area contributed by atoms with Crippen molar-refractivity contribution >= 4 is 11.8 Å². The Morgan fingerprint density at radius 1 is 1.50 bits per heavy atom. The van der Waals surface area contributed by atoms with Crippen molar-refractivity contribution in [3.8, 4) is 11.8 Å². The van der Waals surface area contributed by atoms with Crippen LogP contribution in [0.3, 0.4) is 0 Å². The second-order valence-electron chi connectivity index (χ2n) is 2.83. The van der Waals surface area contributed by atoms with Crippen LogP contribution in [-0.4, -0.2) is 13.4 Å². The molecule has 0 heterocycles. The zero-order valence-electron chi connectivity index (χ0n) is 8.63. The highest BCUT2D eigenvalue weighted by Gasteiger charge is 2.08. The summed E-state index contributed by atoms with van der Waals surface area (Å²) in [6.07, 6.45) is 2.97. The van der Waals surface area contributed by atoms with Gasteiger partial charge in [-0.05, 0) is 30.4 Å². The lowest BCUT2D eigenvalue weighted by atomic mass is 10.1. The second-order valence-corrected chi connectivity index (χ2v) is 3.68. The van der Waals surface area contributed by atoms with Gasteiger partial charge in [0.15, 0.2) is 0 Å². The highest BCUT2D eigenvalue weighted by molar-refractivity contribution is 7.98. The Bertz CT molecular complexity index is 368. The van der Waals surface area contributed by atoms with E-state index in [1.807, 2.05) is 18.4 Å². The van der Waals surface area contributed by atoms with Crippen molar-refractivity contribution in [1.29, 1.82) is 5.26 Å². The number of methoxy groups -OCH3 is 1. The van der Waals surface area contributed by atoms with E-state index in [4.69, 9.17) is 10.00 Å². The van der Waals surface area contributed by atoms with E-state index >= 15 is 0 Å². The number of benzene rings is 1. The number of hydrogen-bond acceptors (Lipinski definition) is 3. The summed E-state index contributed by atoms with van der Waals surface area (Å²) >= 11 is 1.66. The monoisotopic (exact) mass is 207 g/mol. The summed E-state index contributed by atoms with van der Waals surface area (Å²) in [6, 6.07) is 5.97. The van der Waals surface area contributed by atoms with Crippen LogP contribution in [0.5, 0.6) is 5.75 Å². The lowest BCUT2D eigenvalue weighted by Crippen LogP contribution is -1.93. The van der Waals surface area contributed by atoms with Gasteiger partial charge >= 0.3 is 0 Å². The normalized spacial score (nSPS) is 9.57. The van der Waals surface area contributed by atoms with Gasteiger partial charge in [-0.2, -0.15) is 5.26 Å². The van der Waals surface area contributed by atoms with Crippen molar-refractivity contribution in [2.75, 3.05) is 13.4 Å². The molecule has 0 unspecified atom stereocenters. The minimum atomic E-state index is 0.606. The molecule has 1 aromatic rings. The van der Waals surface area contributed by atoms with E-state index in [1.165, 1.54) is 5.56 Å². The lowest BCUT2D eigenvalue weighted by molar-refractivity contribution is 0.412. The molecule has 14 heavy (non-hydrogen) atoms. The average molecular weight is 207 g/mol. The maximum absolute atomic E-state index is 8.89. The van der Waals surface area contributed by atoms with Crippen LogP contribution in [-0.2, 0) is 6.42 Å². The molecule has 0 bridgehead atoms. The SMILES string of the molecule is CCc1cc(OC)c(C#N)cc1SC. The summed E-state index contributed by atoms with van der Waals surface area (Å²) in [5.41, 5.74) is 1.84. The molecule has 0 aliphatic heterocycles. The fraction of sp³-hybridized carbons (Fsp3) is 0.364. The maximum atomic E-state index is 8.89. The van der Waals surface area contributed by atoms with Crippen molar-refractivity contribution in [1.82, 2.24) is 0 Å². The van der Waals surface area contributed by atoms with E-state index in [1.54, 1.807) is 18.9 Å². The smallest absolute Gasteiger partial charge is 0.136 e. The van der Waals surface area contributed by atoms with Crippen LogP contribution in [0, 0.1) is 11.3 Å². The first-order valence-electron chi connectivity index (χ1n) is 4.41. The van der Waals surface area contributed by atoms with Crippen molar-refractivity contribution < 1.29 is 4.74 Å². The fourth-order valence-electron chi connectivity index (χ4n) is 1.32. The third kappa shape index (κ3) is 2.02. The first kappa shape index (κ1) is 10.9. The van der Waals surface area contributed by atoms with E-state index in [9.17, 15) is 0 Å². The summed E-state index contributed by atoms with van der Waals surface area (Å²) in [5, 5.41) is 8.89. The minimum absolute atomic E-state index is 0.606. The predicted molar refractivity (Wildman–Crippen MR) is 58.9 cm³/mol. The molecular formula is C11H13NOS. The first-order chi connectivity index (χ1) is 6.76. The number of rotatable bonds is 3. The molecule has 0 atom stereocenters. The Balaban J connectivity index is 3.30. The summed E-state index contributed by atoms with van der Waals surface area (Å²) in [4.78, 5) is 1.16. The second kappa shape index (κ2) is 4.92. The zero-order chi connectivity index (χ0) is 10.6. The maximum Gasteiger partial charge on any atom is 0.136 e. The number of aryl methyl sites for hydroxylation is 1. The van der Waals surface area contributed by atoms with E-state index in [-0.39, 0.29) is 0 Å². The highest BCUT2D eigenvalue weighted by atomic mass is 32.2. The quantitative estimate of drug-likeness (QED) is 0.714. The summed E-state index contributed by atoms with van der Waals surface area (Å²) in [6.45, 7) is 2.10. The van der Waals surface area contributed by atoms with Crippen molar-refractivity contribution in [2.24, 2.45) is 0 Å². The van der Waals surface area contributed by atoms with Gasteiger partial charge in [0.25, 0.3) is 0 Å². The van der Waals surface area contributed by atoms with Crippen molar-refractivity contribution in [3.63, 3.8) is 0 Å². The molecule has 0 spiro atoms. The lowest BCUT2D eigenvalue weighted by Gasteiger charge is -2.09. The molecule has 1 aromatic carbocycles. The van der Waals surface area contributed by atoms with E-state index in [0.29, 0.717) is 11.3 Å². The molecule has 1 rings (SSSR count). The average Bonchev–Trinajstić information content (AvgIpc) is 2.26. The predicted octanol–water partition coefficient (Wildman–Crippen LogP) is 2.85. The van der Waals surface area contributed by atoms with Gasteiger partial charge in [0.05, 0.1) is 12.7 Å². The number of nitrogens with zero attached hydrogens (tertiary/aromatic N) is 1. The van der Waals surface area contributed by atoms with Crippen LogP contribution in [0.4, 0.5) is 0 Å². The Labute approximate surface area is 88.9 Å². The molecular weight excluding hydrogens is 194 g/mol. The molecule has 0 aliphatic carbocycles. The summed E-state index contributed by atoms with van der Waals surface area (Å²) in [7, 11) is 1.59. The molecule has 2 nitrogen and oxygen atoms in total. The first-order valence-corrected chi connectivity index (χ1v) is 5.64. The Morgan fingerprint density at radius 3 is 2.64 bits per heavy atom. The summed E-state index contributed by atoms with van der Waals surface area (Å²) in [5.74, 6) is 0.669. The van der Waals surface area contributed by atoms with Crippen LogP contribution in [0.15, 0.2) is 17.0 Å². The Kier molecular flexibility index (Phi) is 3.84. The van der Waals surface area contributed by atoms with Gasteiger partial charge in [0, 0.05) is 4.90 Å². The fourth-order valence-corrected chi connectivity index (χ4v) is 2.03. The molecule has 0 fully saturated rings. The number of hydrogen-bond donors (Lipinski definition) is 0. The number of thioether (sulfide) groups is 1. The molecule has 0 aliphatic rings. The highest BCUT2D eigenvalue weighted by Crippen LogP contribution is 2.28. The molecule has 3 heteroatoms. The Morgan fingerprint density at radius 2 is 2.21 bits per heavy atom. The third-order valence-corrected chi connectivity index (χ3v) is 2.92. The number of ether oxygens (including phenoxy) is 1. The molecule has 0 saturated heterocycles. The van der Waals surface area contributed by atoms with Gasteiger partial charge in [0.2, 0.25) is 0 Å². The third-order valence-electron chi connectivity index (χ3n) is 2.10. The molecule has 0 amide bonds. The van der Waals surface area contributed by atoms with E-state index < -0.39 is 0 Å².